The second kappa shape index (κ2) is 8.37. The summed E-state index contributed by atoms with van der Waals surface area (Å²) in [4.78, 5) is 25.0. The highest BCUT2D eigenvalue weighted by Gasteiger charge is 2.16. The third-order valence-corrected chi connectivity index (χ3v) is 5.27. The Balaban J connectivity index is 1.65. The van der Waals surface area contributed by atoms with E-state index in [2.05, 4.69) is 5.32 Å². The van der Waals surface area contributed by atoms with E-state index in [-0.39, 0.29) is 11.6 Å². The summed E-state index contributed by atoms with van der Waals surface area (Å²) in [5.41, 5.74) is 1.82. The summed E-state index contributed by atoms with van der Waals surface area (Å²) in [5, 5.41) is 3.18. The number of hydrogen-bond donors (Lipinski definition) is 1. The zero-order valence-corrected chi connectivity index (χ0v) is 15.2. The van der Waals surface area contributed by atoms with Crippen molar-refractivity contribution in [2.75, 3.05) is 0 Å². The normalized spacial score (nSPS) is 16.5. The lowest BCUT2D eigenvalue weighted by atomic mass is 9.96. The predicted molar refractivity (Wildman–Crippen MR) is 101 cm³/mol. The topological polar surface area (TPSA) is 56.0 Å². The van der Waals surface area contributed by atoms with Gasteiger partial charge in [-0.1, -0.05) is 44.2 Å². The fourth-order valence-electron chi connectivity index (χ4n) is 3.91. The Morgan fingerprint density at radius 1 is 1.04 bits per heavy atom. The lowest BCUT2D eigenvalue weighted by Gasteiger charge is -2.21. The van der Waals surface area contributed by atoms with E-state index in [0.29, 0.717) is 25.6 Å². The second-order valence-electron chi connectivity index (χ2n) is 7.03. The lowest BCUT2D eigenvalue weighted by Crippen LogP contribution is -2.36. The van der Waals surface area contributed by atoms with Crippen molar-refractivity contribution in [3.8, 4) is 0 Å². The number of rotatable bonds is 5. The third kappa shape index (κ3) is 4.14. The summed E-state index contributed by atoms with van der Waals surface area (Å²) in [7, 11) is 0. The molecule has 0 aliphatic heterocycles. The number of benzene rings is 1. The van der Waals surface area contributed by atoms with Crippen molar-refractivity contribution in [2.24, 2.45) is 0 Å². The molecule has 25 heavy (non-hydrogen) atoms. The van der Waals surface area contributed by atoms with Crippen molar-refractivity contribution >= 4 is 16.9 Å². The molecule has 1 saturated carbocycles. The van der Waals surface area contributed by atoms with Gasteiger partial charge in [-0.25, -0.2) is 4.79 Å². The van der Waals surface area contributed by atoms with Gasteiger partial charge < -0.3 is 5.32 Å². The van der Waals surface area contributed by atoms with E-state index in [1.807, 2.05) is 31.2 Å². The number of carbonyl (C=O) groups is 1. The van der Waals surface area contributed by atoms with Gasteiger partial charge in [0, 0.05) is 25.6 Å². The summed E-state index contributed by atoms with van der Waals surface area (Å²) >= 11 is 0. The Hall–Kier alpha value is -2.04. The molecule has 0 bridgehead atoms. The molecule has 1 aliphatic carbocycles. The molecule has 0 atom stereocenters. The number of carbonyl (C=O) groups excluding carboxylic acids is 1. The summed E-state index contributed by atoms with van der Waals surface area (Å²) in [5.74, 6) is 0.0609. The first kappa shape index (κ1) is 17.8. The van der Waals surface area contributed by atoms with E-state index in [1.165, 1.54) is 32.1 Å². The lowest BCUT2D eigenvalue weighted by molar-refractivity contribution is -0.122. The molecule has 1 N–H and O–H groups in total. The van der Waals surface area contributed by atoms with Gasteiger partial charge >= 0.3 is 5.69 Å². The maximum atomic E-state index is 12.6. The zero-order chi connectivity index (χ0) is 17.6. The Labute approximate surface area is 149 Å². The molecule has 3 rings (SSSR count). The molecule has 1 aromatic carbocycles. The van der Waals surface area contributed by atoms with E-state index >= 15 is 0 Å². The van der Waals surface area contributed by atoms with Gasteiger partial charge in [-0.2, -0.15) is 0 Å². The van der Waals surface area contributed by atoms with Gasteiger partial charge in [0.15, 0.2) is 0 Å². The van der Waals surface area contributed by atoms with Crippen LogP contribution in [0.1, 0.15) is 58.3 Å². The molecule has 0 saturated heterocycles. The molecule has 1 amide bonds. The number of para-hydroxylation sites is 2. The fraction of sp³-hybridized carbons (Fsp3) is 0.600. The highest BCUT2D eigenvalue weighted by Crippen LogP contribution is 2.17. The van der Waals surface area contributed by atoms with Gasteiger partial charge in [0.05, 0.1) is 11.0 Å². The smallest absolute Gasteiger partial charge is 0.329 e. The Bertz CT molecular complexity index is 767. The van der Waals surface area contributed by atoms with E-state index in [9.17, 15) is 9.59 Å². The Morgan fingerprint density at radius 2 is 1.64 bits per heavy atom. The van der Waals surface area contributed by atoms with Crippen molar-refractivity contribution in [1.29, 1.82) is 0 Å². The van der Waals surface area contributed by atoms with Crippen LogP contribution in [0.5, 0.6) is 0 Å². The maximum absolute atomic E-state index is 12.6. The van der Waals surface area contributed by atoms with Crippen molar-refractivity contribution in [3.05, 3.63) is 34.7 Å². The molecule has 0 unspecified atom stereocenters. The highest BCUT2D eigenvalue weighted by molar-refractivity contribution is 5.78. The molecule has 1 heterocycles. The number of nitrogens with one attached hydrogen (secondary N) is 1. The van der Waals surface area contributed by atoms with Crippen LogP contribution >= 0.6 is 0 Å². The Morgan fingerprint density at radius 3 is 2.28 bits per heavy atom. The van der Waals surface area contributed by atoms with Crippen LogP contribution < -0.4 is 11.0 Å². The van der Waals surface area contributed by atoms with Gasteiger partial charge in [-0.15, -0.1) is 0 Å². The van der Waals surface area contributed by atoms with Gasteiger partial charge in [-0.05, 0) is 31.9 Å². The van der Waals surface area contributed by atoms with E-state index in [4.69, 9.17) is 0 Å². The molecule has 1 fully saturated rings. The van der Waals surface area contributed by atoms with E-state index in [1.54, 1.807) is 9.13 Å². The summed E-state index contributed by atoms with van der Waals surface area (Å²) in [6, 6.07) is 8.11. The second-order valence-corrected chi connectivity index (χ2v) is 7.03. The molecular formula is C20H29N3O2. The van der Waals surface area contributed by atoms with Gasteiger partial charge in [0.25, 0.3) is 0 Å². The first-order chi connectivity index (χ1) is 12.2. The standard InChI is InChI=1S/C20H29N3O2/c1-2-22-17-12-8-9-13-18(17)23(20(22)25)15-14-19(24)21-16-10-6-4-3-5-7-11-16/h8-9,12-13,16H,2-7,10-11,14-15H2,1H3,(H,21,24). The molecule has 0 spiro atoms. The largest absolute Gasteiger partial charge is 0.353 e. The first-order valence-electron chi connectivity index (χ1n) is 9.68. The van der Waals surface area contributed by atoms with Crippen LogP contribution in [0.25, 0.3) is 11.0 Å². The Kier molecular flexibility index (Phi) is 5.95. The molecule has 5 heteroatoms. The molecule has 0 radical (unpaired) electrons. The number of imidazole rings is 1. The number of hydrogen-bond acceptors (Lipinski definition) is 2. The van der Waals surface area contributed by atoms with Gasteiger partial charge in [0.1, 0.15) is 0 Å². The molecule has 2 aromatic rings. The van der Waals surface area contributed by atoms with Gasteiger partial charge in [0.2, 0.25) is 5.91 Å². The van der Waals surface area contributed by atoms with E-state index < -0.39 is 0 Å². The number of aryl methyl sites for hydroxylation is 2. The van der Waals surface area contributed by atoms with Crippen molar-refractivity contribution in [2.45, 2.75) is 77.4 Å². The van der Waals surface area contributed by atoms with Crippen LogP contribution in [0.4, 0.5) is 0 Å². The van der Waals surface area contributed by atoms with Crippen molar-refractivity contribution < 1.29 is 4.79 Å². The van der Waals surface area contributed by atoms with Crippen LogP contribution in [-0.2, 0) is 17.9 Å². The monoisotopic (exact) mass is 343 g/mol. The van der Waals surface area contributed by atoms with E-state index in [0.717, 1.165) is 23.9 Å². The number of fused-ring (bicyclic) bond motifs is 1. The predicted octanol–water partition coefficient (Wildman–Crippen LogP) is 3.44. The first-order valence-corrected chi connectivity index (χ1v) is 9.68. The fourth-order valence-corrected chi connectivity index (χ4v) is 3.91. The maximum Gasteiger partial charge on any atom is 0.329 e. The number of amides is 1. The van der Waals surface area contributed by atoms with Crippen molar-refractivity contribution in [1.82, 2.24) is 14.5 Å². The molecule has 1 aliphatic rings. The molecular weight excluding hydrogens is 314 g/mol. The van der Waals surface area contributed by atoms with Crippen LogP contribution in [0.3, 0.4) is 0 Å². The van der Waals surface area contributed by atoms with Crippen LogP contribution in [0, 0.1) is 0 Å². The molecule has 5 nitrogen and oxygen atoms in total. The van der Waals surface area contributed by atoms with Gasteiger partial charge in [-0.3, -0.25) is 13.9 Å². The SMILES string of the molecule is CCn1c(=O)n(CCC(=O)NC2CCCCCCC2)c2ccccc21. The molecule has 136 valence electrons. The average Bonchev–Trinajstić information content (AvgIpc) is 2.86. The number of nitrogens with zero attached hydrogens (tertiary/aromatic N) is 2. The summed E-state index contributed by atoms with van der Waals surface area (Å²) in [6.07, 6.45) is 8.81. The molecule has 1 aromatic heterocycles. The van der Waals surface area contributed by atoms with Crippen LogP contribution in [0.15, 0.2) is 29.1 Å². The van der Waals surface area contributed by atoms with Crippen LogP contribution in [-0.4, -0.2) is 21.1 Å². The van der Waals surface area contributed by atoms with Crippen LogP contribution in [0.2, 0.25) is 0 Å². The quantitative estimate of drug-likeness (QED) is 0.904. The third-order valence-electron chi connectivity index (χ3n) is 5.27. The highest BCUT2D eigenvalue weighted by atomic mass is 16.2. The summed E-state index contributed by atoms with van der Waals surface area (Å²) < 4.78 is 3.50. The summed E-state index contributed by atoms with van der Waals surface area (Å²) in [6.45, 7) is 3.05. The van der Waals surface area contributed by atoms with Crippen molar-refractivity contribution in [3.63, 3.8) is 0 Å². The number of aromatic nitrogens is 2. The minimum Gasteiger partial charge on any atom is -0.353 e. The zero-order valence-electron chi connectivity index (χ0n) is 15.2. The average molecular weight is 343 g/mol. The minimum atomic E-state index is -0.0255. The minimum absolute atomic E-state index is 0.0255.